The first-order valence-electron chi connectivity index (χ1n) is 0.707. The topological polar surface area (TPSA) is 69.2 Å². The van der Waals surface area contributed by atoms with Crippen LogP contribution in [0.2, 0.25) is 0 Å². The maximum atomic E-state index is 8.42. The van der Waals surface area contributed by atoms with Crippen molar-refractivity contribution < 1.29 is 15.1 Å². The van der Waals surface area contributed by atoms with E-state index in [0.717, 1.165) is 0 Å². The molecule has 0 aromatic carbocycles. The van der Waals surface area contributed by atoms with Gasteiger partial charge in [0.15, 0.2) is 0 Å². The Bertz CT molecular complexity index is 15.5. The summed E-state index contributed by atoms with van der Waals surface area (Å²) in [4.78, 5) is 0. The quantitative estimate of drug-likeness (QED) is 0.297. The molecule has 0 fully saturated rings. The van der Waals surface area contributed by atoms with Crippen LogP contribution in [-0.2, 0) is 0 Å². The van der Waals surface area contributed by atoms with Crippen molar-refractivity contribution >= 4 is 35.6 Å². The molecule has 3 nitrogen and oxygen atoms in total. The average Bonchev–Trinajstić information content (AvgIpc) is 0.811. The van der Waals surface area contributed by atoms with Crippen molar-refractivity contribution in [2.75, 3.05) is 0 Å². The minimum atomic E-state index is -2.92. The van der Waals surface area contributed by atoms with Gasteiger partial charge in [-0.05, 0) is 11.0 Å². The molecular formula is H4AlBO3Si. The monoisotopic (exact) mass is 118 g/mol. The third-order valence-corrected chi connectivity index (χ3v) is 0. The van der Waals surface area contributed by atoms with Gasteiger partial charge in [0.1, 0.15) is 0 Å². The van der Waals surface area contributed by atoms with Crippen molar-refractivity contribution in [2.45, 2.75) is 0 Å². The molecule has 0 N–H and O–H groups in total. The van der Waals surface area contributed by atoms with Crippen LogP contribution in [0.4, 0.5) is 0 Å². The molecule has 0 heterocycles. The molecule has 0 aliphatic rings. The van der Waals surface area contributed by atoms with E-state index in [1.54, 1.807) is 0 Å². The summed E-state index contributed by atoms with van der Waals surface area (Å²) in [6.07, 6.45) is 0. The van der Waals surface area contributed by atoms with E-state index in [1.165, 1.54) is 0 Å². The molecule has 6 heteroatoms. The molecule has 0 aromatic rings. The Labute approximate surface area is 51.3 Å². The van der Waals surface area contributed by atoms with Gasteiger partial charge in [0.05, 0.1) is 0 Å². The molecular weight excluding hydrogens is 114 g/mol. The third kappa shape index (κ3) is 133. The van der Waals surface area contributed by atoms with Gasteiger partial charge in [0.2, 0.25) is 0 Å². The van der Waals surface area contributed by atoms with E-state index in [-0.39, 0.29) is 28.3 Å². The molecule has 6 heavy (non-hydrogen) atoms. The second-order valence-electron chi connectivity index (χ2n) is 0.289. The fourth-order valence-electron chi connectivity index (χ4n) is 0. The normalized spacial score (nSPS) is 4.50. The first-order valence-corrected chi connectivity index (χ1v) is 0.707. The zero-order valence-corrected chi connectivity index (χ0v) is 3.53. The Balaban J connectivity index is -0.0000000450. The molecule has 32 valence electrons. The summed E-state index contributed by atoms with van der Waals surface area (Å²) >= 11 is 0. The fourth-order valence-corrected chi connectivity index (χ4v) is 0. The third-order valence-electron chi connectivity index (χ3n) is 0. The molecule has 0 atom stereocenters. The van der Waals surface area contributed by atoms with Crippen LogP contribution in [0.5, 0.6) is 0 Å². The zero-order chi connectivity index (χ0) is 3.58. The molecule has 0 saturated carbocycles. The van der Waals surface area contributed by atoms with Crippen molar-refractivity contribution in [1.82, 2.24) is 0 Å². The van der Waals surface area contributed by atoms with Crippen LogP contribution in [-0.4, -0.2) is 35.6 Å². The molecule has 0 radical (unpaired) electrons. The van der Waals surface area contributed by atoms with E-state index in [0.29, 0.717) is 0 Å². The Hall–Kier alpha value is 0.694. The van der Waals surface area contributed by atoms with Gasteiger partial charge in [-0.3, -0.25) is 7.32 Å². The van der Waals surface area contributed by atoms with Gasteiger partial charge in [-0.1, -0.05) is 0 Å². The minimum absolute atomic E-state index is 0. The smallest absolute Gasteiger partial charge is 0.907 e. The van der Waals surface area contributed by atoms with Crippen LogP contribution < -0.4 is 15.1 Å². The van der Waals surface area contributed by atoms with E-state index in [9.17, 15) is 0 Å². The first kappa shape index (κ1) is 15.9. The minimum Gasteiger partial charge on any atom is -0.907 e. The SMILES string of the molecule is [Al+3].[O-]B([O-])[O-].[SiH4]. The van der Waals surface area contributed by atoms with Gasteiger partial charge in [-0.25, -0.2) is 0 Å². The van der Waals surface area contributed by atoms with Crippen molar-refractivity contribution in [2.24, 2.45) is 0 Å². The van der Waals surface area contributed by atoms with Gasteiger partial charge in [-0.2, -0.15) is 0 Å². The number of hydrogen-bond donors (Lipinski definition) is 0. The van der Waals surface area contributed by atoms with Crippen LogP contribution in [0.1, 0.15) is 0 Å². The maximum absolute atomic E-state index is 8.42. The van der Waals surface area contributed by atoms with Crippen LogP contribution in [0, 0.1) is 0 Å². The van der Waals surface area contributed by atoms with E-state index >= 15 is 0 Å². The van der Waals surface area contributed by atoms with E-state index in [4.69, 9.17) is 15.1 Å². The van der Waals surface area contributed by atoms with Gasteiger partial charge in [-0.15, -0.1) is 0 Å². The first-order chi connectivity index (χ1) is 1.73. The van der Waals surface area contributed by atoms with E-state index in [2.05, 4.69) is 0 Å². The van der Waals surface area contributed by atoms with Crippen LogP contribution in [0.3, 0.4) is 0 Å². The van der Waals surface area contributed by atoms with Crippen LogP contribution >= 0.6 is 0 Å². The molecule has 0 saturated heterocycles. The van der Waals surface area contributed by atoms with Crippen molar-refractivity contribution in [3.8, 4) is 0 Å². The molecule has 0 bridgehead atoms. The average molecular weight is 118 g/mol. The molecule has 0 aliphatic carbocycles. The van der Waals surface area contributed by atoms with Crippen LogP contribution in [0.15, 0.2) is 0 Å². The van der Waals surface area contributed by atoms with Gasteiger partial charge < -0.3 is 15.1 Å². The summed E-state index contributed by atoms with van der Waals surface area (Å²) in [7, 11) is -2.92. The predicted octanol–water partition coefficient (Wildman–Crippen LogP) is -5.78. The number of rotatable bonds is 0. The Morgan fingerprint density at radius 3 is 1.00 bits per heavy atom. The molecule has 0 aliphatic heterocycles. The second kappa shape index (κ2) is 9.19. The maximum Gasteiger partial charge on any atom is 3.00 e. The summed E-state index contributed by atoms with van der Waals surface area (Å²) in [6.45, 7) is 0. The summed E-state index contributed by atoms with van der Waals surface area (Å²) in [6, 6.07) is 0. The fraction of sp³-hybridized carbons (Fsp3) is 0. The van der Waals surface area contributed by atoms with Gasteiger partial charge in [0.25, 0.3) is 0 Å². The molecule has 0 rings (SSSR count). The summed E-state index contributed by atoms with van der Waals surface area (Å²) in [5, 5.41) is 25.2. The molecule has 0 amide bonds. The summed E-state index contributed by atoms with van der Waals surface area (Å²) in [5.74, 6) is 0. The zero-order valence-electron chi connectivity index (χ0n) is 2.38. The largest absolute Gasteiger partial charge is 3.00 e. The van der Waals surface area contributed by atoms with Crippen molar-refractivity contribution in [1.29, 1.82) is 0 Å². The van der Waals surface area contributed by atoms with Gasteiger partial charge >= 0.3 is 17.4 Å². The summed E-state index contributed by atoms with van der Waals surface area (Å²) in [5.41, 5.74) is 0. The van der Waals surface area contributed by atoms with Crippen molar-refractivity contribution in [3.63, 3.8) is 0 Å². The second-order valence-corrected chi connectivity index (χ2v) is 0.289. The Morgan fingerprint density at radius 2 is 1.00 bits per heavy atom. The molecule has 0 spiro atoms. The van der Waals surface area contributed by atoms with Crippen LogP contribution in [0.25, 0.3) is 0 Å². The molecule has 0 unspecified atom stereocenters. The van der Waals surface area contributed by atoms with E-state index < -0.39 is 7.32 Å². The Morgan fingerprint density at radius 1 is 1.00 bits per heavy atom. The molecule has 0 aromatic heterocycles. The van der Waals surface area contributed by atoms with E-state index in [1.807, 2.05) is 0 Å². The van der Waals surface area contributed by atoms with Crippen molar-refractivity contribution in [3.05, 3.63) is 0 Å². The Kier molecular flexibility index (Phi) is 24.4. The van der Waals surface area contributed by atoms with Gasteiger partial charge in [0, 0.05) is 0 Å². The standard InChI is InChI=1S/Al.BO3.H4Si/c;2-1(3)4;/h;;1H4/q+3;-3;. The summed E-state index contributed by atoms with van der Waals surface area (Å²) < 4.78 is 0. The predicted molar refractivity (Wildman–Crippen MR) is 22.8 cm³/mol. The number of hydrogen-bond acceptors (Lipinski definition) is 3.